The summed E-state index contributed by atoms with van der Waals surface area (Å²) >= 11 is 0.874. The Hall–Kier alpha value is -2.86. The second-order valence-electron chi connectivity index (χ2n) is 5.46. The number of hydrogen-bond donors (Lipinski definition) is 1. The predicted octanol–water partition coefficient (Wildman–Crippen LogP) is 4.19. The molecule has 5 nitrogen and oxygen atoms in total. The zero-order valence-electron chi connectivity index (χ0n) is 13.4. The number of hydrogen-bond acceptors (Lipinski definition) is 4. The van der Waals surface area contributed by atoms with Gasteiger partial charge in [0.2, 0.25) is 0 Å². The third-order valence-corrected chi connectivity index (χ3v) is 4.72. The molecule has 0 saturated carbocycles. The van der Waals surface area contributed by atoms with E-state index in [4.69, 9.17) is 5.11 Å². The van der Waals surface area contributed by atoms with Gasteiger partial charge in [0, 0.05) is 0 Å². The number of benzene rings is 2. The monoisotopic (exact) mass is 353 g/mol. The van der Waals surface area contributed by atoms with Gasteiger partial charge in [-0.15, -0.1) is 0 Å². The molecule has 2 aromatic carbocycles. The fraction of sp³-hybridized carbons (Fsp3) is 0.105. The lowest BCUT2D eigenvalue weighted by Crippen LogP contribution is -2.27. The van der Waals surface area contributed by atoms with Crippen LogP contribution in [0.3, 0.4) is 0 Å². The number of carbonyl (C=O) groups excluding carboxylic acids is 2. The van der Waals surface area contributed by atoms with Crippen LogP contribution in [0, 0.1) is 0 Å². The second-order valence-corrected chi connectivity index (χ2v) is 6.46. The molecule has 2 amide bonds. The summed E-state index contributed by atoms with van der Waals surface area (Å²) in [5.74, 6) is -1.39. The summed E-state index contributed by atoms with van der Waals surface area (Å²) in [6, 6.07) is 13.4. The van der Waals surface area contributed by atoms with Gasteiger partial charge in [-0.1, -0.05) is 31.2 Å². The van der Waals surface area contributed by atoms with Crippen molar-refractivity contribution in [3.05, 3.63) is 70.1 Å². The maximum atomic E-state index is 12.6. The lowest BCUT2D eigenvalue weighted by molar-refractivity contribution is -0.113. The first-order valence-corrected chi connectivity index (χ1v) is 8.51. The van der Waals surface area contributed by atoms with Crippen molar-refractivity contribution < 1.29 is 19.5 Å². The molecule has 1 heterocycles. The number of rotatable bonds is 4. The fourth-order valence-electron chi connectivity index (χ4n) is 2.44. The van der Waals surface area contributed by atoms with Crippen molar-refractivity contribution in [3.8, 4) is 0 Å². The van der Waals surface area contributed by atoms with Crippen LogP contribution >= 0.6 is 11.8 Å². The number of thioether (sulfide) groups is 1. The average molecular weight is 353 g/mol. The minimum absolute atomic E-state index is 0.168. The van der Waals surface area contributed by atoms with E-state index in [9.17, 15) is 14.4 Å². The first-order valence-electron chi connectivity index (χ1n) is 7.70. The van der Waals surface area contributed by atoms with Gasteiger partial charge in [-0.3, -0.25) is 9.59 Å². The van der Waals surface area contributed by atoms with Crippen LogP contribution in [0.4, 0.5) is 10.5 Å². The fourth-order valence-corrected chi connectivity index (χ4v) is 3.29. The largest absolute Gasteiger partial charge is 0.478 e. The van der Waals surface area contributed by atoms with Crippen molar-refractivity contribution in [2.24, 2.45) is 0 Å². The maximum Gasteiger partial charge on any atom is 0.335 e. The Morgan fingerprint density at radius 3 is 2.28 bits per heavy atom. The highest BCUT2D eigenvalue weighted by molar-refractivity contribution is 8.19. The Bertz CT molecular complexity index is 869. The molecule has 0 spiro atoms. The smallest absolute Gasteiger partial charge is 0.335 e. The summed E-state index contributed by atoms with van der Waals surface area (Å²) in [6.45, 7) is 2.04. The highest BCUT2D eigenvalue weighted by Gasteiger charge is 2.36. The molecule has 0 unspecified atom stereocenters. The van der Waals surface area contributed by atoms with Crippen molar-refractivity contribution in [1.82, 2.24) is 0 Å². The van der Waals surface area contributed by atoms with E-state index in [0.717, 1.165) is 28.6 Å². The summed E-state index contributed by atoms with van der Waals surface area (Å²) in [5.41, 5.74) is 2.51. The van der Waals surface area contributed by atoms with E-state index < -0.39 is 5.97 Å². The normalized spacial score (nSPS) is 15.9. The van der Waals surface area contributed by atoms with Crippen molar-refractivity contribution >= 4 is 40.6 Å². The van der Waals surface area contributed by atoms with Crippen LogP contribution in [0.15, 0.2) is 53.4 Å². The molecule has 3 rings (SSSR count). The number of amides is 2. The molecule has 1 aliphatic rings. The topological polar surface area (TPSA) is 74.7 Å². The van der Waals surface area contributed by atoms with Crippen molar-refractivity contribution in [2.45, 2.75) is 13.3 Å². The Kier molecular flexibility index (Phi) is 4.72. The Balaban J connectivity index is 1.85. The third kappa shape index (κ3) is 3.49. The third-order valence-electron chi connectivity index (χ3n) is 3.85. The molecule has 2 aromatic rings. The van der Waals surface area contributed by atoms with E-state index in [0.29, 0.717) is 16.2 Å². The van der Waals surface area contributed by atoms with Crippen molar-refractivity contribution in [2.75, 3.05) is 4.90 Å². The van der Waals surface area contributed by atoms with Crippen LogP contribution < -0.4 is 4.90 Å². The Morgan fingerprint density at radius 2 is 1.72 bits per heavy atom. The van der Waals surface area contributed by atoms with Gasteiger partial charge in [0.25, 0.3) is 11.1 Å². The van der Waals surface area contributed by atoms with Gasteiger partial charge < -0.3 is 5.11 Å². The molecular weight excluding hydrogens is 338 g/mol. The molecule has 0 aromatic heterocycles. The SMILES string of the molecule is CCc1ccc(N2C(=O)S/C(=C\c3ccc(C(=O)O)cc3)C2=O)cc1. The first kappa shape index (κ1) is 17.0. The summed E-state index contributed by atoms with van der Waals surface area (Å²) < 4.78 is 0. The molecule has 0 atom stereocenters. The van der Waals surface area contributed by atoms with Gasteiger partial charge >= 0.3 is 5.97 Å². The van der Waals surface area contributed by atoms with Crippen molar-refractivity contribution in [3.63, 3.8) is 0 Å². The minimum atomic E-state index is -1.01. The van der Waals surface area contributed by atoms with E-state index in [-0.39, 0.29) is 16.7 Å². The summed E-state index contributed by atoms with van der Waals surface area (Å²) in [4.78, 5) is 37.1. The predicted molar refractivity (Wildman–Crippen MR) is 97.7 cm³/mol. The molecule has 1 aliphatic heterocycles. The van der Waals surface area contributed by atoms with Crippen LogP contribution in [0.25, 0.3) is 6.08 Å². The van der Waals surface area contributed by atoms with Crippen LogP contribution in [0.5, 0.6) is 0 Å². The molecule has 25 heavy (non-hydrogen) atoms. The number of aromatic carboxylic acids is 1. The van der Waals surface area contributed by atoms with Gasteiger partial charge in [-0.05, 0) is 59.7 Å². The second kappa shape index (κ2) is 6.94. The minimum Gasteiger partial charge on any atom is -0.478 e. The van der Waals surface area contributed by atoms with E-state index in [2.05, 4.69) is 0 Å². The summed E-state index contributed by atoms with van der Waals surface area (Å²) in [6.07, 6.45) is 2.48. The van der Waals surface area contributed by atoms with E-state index >= 15 is 0 Å². The van der Waals surface area contributed by atoms with E-state index in [1.54, 1.807) is 30.3 Å². The molecule has 1 N–H and O–H groups in total. The van der Waals surface area contributed by atoms with Crippen molar-refractivity contribution in [1.29, 1.82) is 0 Å². The standard InChI is InChI=1S/C19H15NO4S/c1-2-12-5-9-15(10-6-12)20-17(21)16(25-19(20)24)11-13-3-7-14(8-4-13)18(22)23/h3-11H,2H2,1H3,(H,22,23)/b16-11-. The van der Waals surface area contributed by atoms with Crippen LogP contribution in [0.2, 0.25) is 0 Å². The summed E-state index contributed by atoms with van der Waals surface area (Å²) in [7, 11) is 0. The van der Waals surface area contributed by atoms with Crippen LogP contribution in [-0.2, 0) is 11.2 Å². The van der Waals surface area contributed by atoms with Gasteiger partial charge in [-0.2, -0.15) is 0 Å². The zero-order valence-corrected chi connectivity index (χ0v) is 14.2. The number of imide groups is 1. The zero-order chi connectivity index (χ0) is 18.0. The van der Waals surface area contributed by atoms with Gasteiger partial charge in [0.15, 0.2) is 0 Å². The Labute approximate surface area is 149 Å². The Morgan fingerprint density at radius 1 is 1.08 bits per heavy atom. The highest BCUT2D eigenvalue weighted by atomic mass is 32.2. The molecule has 0 aliphatic carbocycles. The average Bonchev–Trinajstić information content (AvgIpc) is 2.89. The van der Waals surface area contributed by atoms with Gasteiger partial charge in [-0.25, -0.2) is 9.69 Å². The lowest BCUT2D eigenvalue weighted by atomic mass is 10.1. The maximum absolute atomic E-state index is 12.6. The number of nitrogens with zero attached hydrogens (tertiary/aromatic N) is 1. The summed E-state index contributed by atoms with van der Waals surface area (Å²) in [5, 5.41) is 8.57. The van der Waals surface area contributed by atoms with Crippen LogP contribution in [-0.4, -0.2) is 22.2 Å². The van der Waals surface area contributed by atoms with E-state index in [1.807, 2.05) is 19.1 Å². The first-order chi connectivity index (χ1) is 12.0. The quantitative estimate of drug-likeness (QED) is 0.834. The highest BCUT2D eigenvalue weighted by Crippen LogP contribution is 2.35. The molecule has 126 valence electrons. The molecule has 6 heteroatoms. The number of carboxylic acids is 1. The van der Waals surface area contributed by atoms with Gasteiger partial charge in [0.1, 0.15) is 0 Å². The van der Waals surface area contributed by atoms with E-state index in [1.165, 1.54) is 12.1 Å². The molecular formula is C19H15NO4S. The number of carbonyl (C=O) groups is 3. The molecule has 1 fully saturated rings. The lowest BCUT2D eigenvalue weighted by Gasteiger charge is -2.12. The molecule has 0 bridgehead atoms. The molecule has 0 radical (unpaired) electrons. The number of aryl methyl sites for hydroxylation is 1. The number of anilines is 1. The van der Waals surface area contributed by atoms with Crippen LogP contribution in [0.1, 0.15) is 28.4 Å². The molecule has 1 saturated heterocycles. The van der Waals surface area contributed by atoms with Gasteiger partial charge in [0.05, 0.1) is 16.2 Å². The number of carboxylic acid groups (broad SMARTS) is 1.